The Hall–Kier alpha value is -3.89. The van der Waals surface area contributed by atoms with Gasteiger partial charge in [-0.15, -0.1) is 0 Å². The first kappa shape index (κ1) is 25.7. The molecular formula is C25H27N3O6S. The van der Waals surface area contributed by atoms with Crippen molar-refractivity contribution in [2.45, 2.75) is 18.4 Å². The van der Waals surface area contributed by atoms with Crippen LogP contribution in [-0.2, 0) is 21.4 Å². The number of ether oxygens (including phenoxy) is 2. The molecule has 0 heterocycles. The zero-order valence-corrected chi connectivity index (χ0v) is 20.5. The fraction of sp³-hybridized carbons (Fsp3) is 0.200. The van der Waals surface area contributed by atoms with E-state index in [1.807, 2.05) is 6.07 Å². The van der Waals surface area contributed by atoms with Gasteiger partial charge in [-0.05, 0) is 48.4 Å². The number of sulfonamides is 1. The molecule has 0 atom stereocenters. The summed E-state index contributed by atoms with van der Waals surface area (Å²) in [7, 11) is -1.10. The highest BCUT2D eigenvalue weighted by Crippen LogP contribution is 2.28. The molecule has 0 unspecified atom stereocenters. The van der Waals surface area contributed by atoms with Crippen molar-refractivity contribution in [3.8, 4) is 17.2 Å². The Bertz CT molecular complexity index is 1310. The van der Waals surface area contributed by atoms with Crippen molar-refractivity contribution in [2.75, 3.05) is 20.8 Å². The highest BCUT2D eigenvalue weighted by molar-refractivity contribution is 7.89. The first-order chi connectivity index (χ1) is 16.8. The van der Waals surface area contributed by atoms with Crippen molar-refractivity contribution in [3.63, 3.8) is 0 Å². The van der Waals surface area contributed by atoms with Crippen LogP contribution in [0.2, 0.25) is 0 Å². The number of para-hydroxylation sites is 1. The van der Waals surface area contributed by atoms with Gasteiger partial charge in [-0.25, -0.2) is 13.8 Å². The predicted octanol–water partition coefficient (Wildman–Crippen LogP) is 3.06. The second-order valence-corrected chi connectivity index (χ2v) is 9.52. The number of hydrogen-bond donors (Lipinski definition) is 2. The van der Waals surface area contributed by atoms with E-state index in [4.69, 9.17) is 9.47 Å². The van der Waals surface area contributed by atoms with Gasteiger partial charge in [0.25, 0.3) is 5.91 Å². The summed E-state index contributed by atoms with van der Waals surface area (Å²) < 4.78 is 38.3. The molecule has 0 aliphatic heterocycles. The molecule has 0 saturated carbocycles. The number of phenolic OH excluding ortho intramolecular Hbond substituents is 1. The lowest BCUT2D eigenvalue weighted by molar-refractivity contribution is -0.121. The molecule has 0 aliphatic rings. The van der Waals surface area contributed by atoms with Gasteiger partial charge in [0.1, 0.15) is 5.75 Å². The summed E-state index contributed by atoms with van der Waals surface area (Å²) in [6.45, 7) is 1.26. The molecule has 1 amide bonds. The van der Waals surface area contributed by atoms with Gasteiger partial charge in [0.2, 0.25) is 10.0 Å². The van der Waals surface area contributed by atoms with Gasteiger partial charge in [0.05, 0.1) is 31.9 Å². The molecule has 3 aromatic rings. The highest BCUT2D eigenvalue weighted by atomic mass is 32.2. The van der Waals surface area contributed by atoms with Gasteiger partial charge in [-0.2, -0.15) is 9.41 Å². The Morgan fingerprint density at radius 3 is 2.40 bits per heavy atom. The molecule has 0 fully saturated rings. The lowest BCUT2D eigenvalue weighted by Gasteiger charge is -2.22. The van der Waals surface area contributed by atoms with E-state index in [2.05, 4.69) is 10.5 Å². The van der Waals surface area contributed by atoms with Crippen molar-refractivity contribution in [1.29, 1.82) is 0 Å². The SMILES string of the molecule is COc1ccc(S(=O)(=O)N(CC(=O)N/N=C/c2cccc(OC)c2O)Cc2ccccc2)cc1C. The third kappa shape index (κ3) is 6.37. The number of hydrogen-bond acceptors (Lipinski definition) is 7. The van der Waals surface area contributed by atoms with E-state index >= 15 is 0 Å². The third-order valence-electron chi connectivity index (χ3n) is 5.17. The van der Waals surface area contributed by atoms with Crippen LogP contribution in [0.5, 0.6) is 17.2 Å². The average molecular weight is 498 g/mol. The number of phenols is 1. The van der Waals surface area contributed by atoms with E-state index in [0.29, 0.717) is 16.9 Å². The number of hydrazone groups is 1. The van der Waals surface area contributed by atoms with Gasteiger partial charge >= 0.3 is 0 Å². The number of nitrogens with zero attached hydrogens (tertiary/aromatic N) is 2. The molecule has 0 radical (unpaired) electrons. The summed E-state index contributed by atoms with van der Waals surface area (Å²) in [6, 6.07) is 18.3. The zero-order chi connectivity index (χ0) is 25.4. The predicted molar refractivity (Wildman–Crippen MR) is 132 cm³/mol. The monoisotopic (exact) mass is 497 g/mol. The zero-order valence-electron chi connectivity index (χ0n) is 19.6. The number of carbonyl (C=O) groups is 1. The topological polar surface area (TPSA) is 118 Å². The lowest BCUT2D eigenvalue weighted by atomic mass is 10.2. The Morgan fingerprint density at radius 1 is 1.03 bits per heavy atom. The Labute approximate surface area is 204 Å². The molecule has 3 aromatic carbocycles. The third-order valence-corrected chi connectivity index (χ3v) is 6.96. The highest BCUT2D eigenvalue weighted by Gasteiger charge is 2.27. The first-order valence-electron chi connectivity index (χ1n) is 10.6. The van der Waals surface area contributed by atoms with E-state index < -0.39 is 22.5 Å². The molecule has 9 nitrogen and oxygen atoms in total. The lowest BCUT2D eigenvalue weighted by Crippen LogP contribution is -2.39. The second-order valence-electron chi connectivity index (χ2n) is 7.58. The summed E-state index contributed by atoms with van der Waals surface area (Å²) in [4.78, 5) is 12.7. The summed E-state index contributed by atoms with van der Waals surface area (Å²) in [5.74, 6) is 0.0474. The minimum absolute atomic E-state index is 0.0118. The molecule has 35 heavy (non-hydrogen) atoms. The molecular weight excluding hydrogens is 470 g/mol. The summed E-state index contributed by atoms with van der Waals surface area (Å²) >= 11 is 0. The summed E-state index contributed by atoms with van der Waals surface area (Å²) in [6.07, 6.45) is 1.25. The van der Waals surface area contributed by atoms with Crippen molar-refractivity contribution in [1.82, 2.24) is 9.73 Å². The smallest absolute Gasteiger partial charge is 0.255 e. The summed E-state index contributed by atoms with van der Waals surface area (Å²) in [5, 5.41) is 14.0. The van der Waals surface area contributed by atoms with Crippen LogP contribution < -0.4 is 14.9 Å². The van der Waals surface area contributed by atoms with Crippen LogP contribution in [-0.4, -0.2) is 50.7 Å². The number of nitrogens with one attached hydrogen (secondary N) is 1. The van der Waals surface area contributed by atoms with E-state index in [-0.39, 0.29) is 22.9 Å². The van der Waals surface area contributed by atoms with Crippen LogP contribution >= 0.6 is 0 Å². The van der Waals surface area contributed by atoms with E-state index in [1.165, 1.54) is 32.6 Å². The van der Waals surface area contributed by atoms with Gasteiger partial charge in [0.15, 0.2) is 11.5 Å². The Kier molecular flexibility index (Phi) is 8.45. The van der Waals surface area contributed by atoms with Crippen molar-refractivity contribution in [2.24, 2.45) is 5.10 Å². The number of aryl methyl sites for hydroxylation is 1. The second kappa shape index (κ2) is 11.5. The maximum atomic E-state index is 13.5. The van der Waals surface area contributed by atoms with Gasteiger partial charge in [0, 0.05) is 12.1 Å². The quantitative estimate of drug-likeness (QED) is 0.328. The van der Waals surface area contributed by atoms with Crippen LogP contribution in [0.4, 0.5) is 0 Å². The molecule has 0 aromatic heterocycles. The molecule has 0 aliphatic carbocycles. The van der Waals surface area contributed by atoms with Crippen LogP contribution in [0.25, 0.3) is 0 Å². The number of amides is 1. The van der Waals surface area contributed by atoms with Crippen molar-refractivity contribution >= 4 is 22.1 Å². The maximum absolute atomic E-state index is 13.5. The maximum Gasteiger partial charge on any atom is 0.255 e. The standard InChI is InChI=1S/C25H27N3O6S/c1-18-14-21(12-13-22(18)33-2)35(31,32)28(16-19-8-5-4-6-9-19)17-24(29)27-26-15-20-10-7-11-23(34-3)25(20)30/h4-15,30H,16-17H2,1-3H3,(H,27,29)/b26-15+. The number of aromatic hydroxyl groups is 1. The number of rotatable bonds is 10. The van der Waals surface area contributed by atoms with Crippen LogP contribution in [0.1, 0.15) is 16.7 Å². The normalized spacial score (nSPS) is 11.5. The minimum Gasteiger partial charge on any atom is -0.504 e. The number of methoxy groups -OCH3 is 2. The van der Waals surface area contributed by atoms with Gasteiger partial charge in [-0.1, -0.05) is 36.4 Å². The Morgan fingerprint density at radius 2 is 1.74 bits per heavy atom. The molecule has 3 rings (SSSR count). The number of carbonyl (C=O) groups excluding carboxylic acids is 1. The minimum atomic E-state index is -4.03. The Balaban J connectivity index is 1.82. The fourth-order valence-electron chi connectivity index (χ4n) is 3.35. The summed E-state index contributed by atoms with van der Waals surface area (Å²) in [5.41, 5.74) is 4.02. The fourth-order valence-corrected chi connectivity index (χ4v) is 4.82. The number of benzene rings is 3. The van der Waals surface area contributed by atoms with Crippen LogP contribution in [0, 0.1) is 6.92 Å². The molecule has 0 spiro atoms. The molecule has 0 saturated heterocycles. The molecule has 0 bridgehead atoms. The van der Waals surface area contributed by atoms with Crippen LogP contribution in [0.15, 0.2) is 76.7 Å². The van der Waals surface area contributed by atoms with Gasteiger partial charge < -0.3 is 14.6 Å². The van der Waals surface area contributed by atoms with E-state index in [9.17, 15) is 18.3 Å². The van der Waals surface area contributed by atoms with Gasteiger partial charge in [-0.3, -0.25) is 4.79 Å². The van der Waals surface area contributed by atoms with Crippen LogP contribution in [0.3, 0.4) is 0 Å². The molecule has 2 N–H and O–H groups in total. The van der Waals surface area contributed by atoms with E-state index in [0.717, 1.165) is 9.87 Å². The largest absolute Gasteiger partial charge is 0.504 e. The van der Waals surface area contributed by atoms with Crippen molar-refractivity contribution < 1.29 is 27.8 Å². The molecule has 10 heteroatoms. The average Bonchev–Trinajstić information content (AvgIpc) is 2.85. The van der Waals surface area contributed by atoms with E-state index in [1.54, 1.807) is 55.5 Å². The first-order valence-corrected chi connectivity index (χ1v) is 12.1. The molecule has 184 valence electrons. The van der Waals surface area contributed by atoms with Crippen molar-refractivity contribution in [3.05, 3.63) is 83.4 Å².